The predicted octanol–water partition coefficient (Wildman–Crippen LogP) is 3.40. The summed E-state index contributed by atoms with van der Waals surface area (Å²) in [6.45, 7) is 5.15. The van der Waals surface area contributed by atoms with Gasteiger partial charge in [0.05, 0.1) is 29.7 Å². The molecule has 0 spiro atoms. The molecule has 10 heteroatoms. The molecule has 0 aliphatic carbocycles. The number of anilines is 2. The maximum atomic E-state index is 13.1. The summed E-state index contributed by atoms with van der Waals surface area (Å²) >= 11 is 0. The van der Waals surface area contributed by atoms with E-state index in [0.29, 0.717) is 17.0 Å². The van der Waals surface area contributed by atoms with Crippen molar-refractivity contribution in [1.29, 1.82) is 0 Å². The highest BCUT2D eigenvalue weighted by Crippen LogP contribution is 2.31. The molecule has 0 aliphatic rings. The number of carbonyl (C=O) groups is 1. The van der Waals surface area contributed by atoms with Crippen molar-refractivity contribution in [3.63, 3.8) is 0 Å². The molecule has 1 amide bonds. The largest absolute Gasteiger partial charge is 0.495 e. The van der Waals surface area contributed by atoms with Crippen LogP contribution in [0.4, 0.5) is 17.1 Å². The van der Waals surface area contributed by atoms with Gasteiger partial charge in [-0.2, -0.15) is 0 Å². The lowest BCUT2D eigenvalue weighted by molar-refractivity contribution is -0.384. The van der Waals surface area contributed by atoms with E-state index in [-0.39, 0.29) is 17.8 Å². The standard InChI is InChI=1S/C20H25N3O6S/c1-6-17(20(24)21-16-11-13(2)7-10-19(16)29-4)22(30(5,27)28)18-12-15(23(25)26)9-8-14(18)3/h7-12,17H,6H2,1-5H3,(H,21,24). The fourth-order valence-electron chi connectivity index (χ4n) is 3.12. The Labute approximate surface area is 175 Å². The van der Waals surface area contributed by atoms with Crippen LogP contribution >= 0.6 is 0 Å². The quantitative estimate of drug-likeness (QED) is 0.501. The smallest absolute Gasteiger partial charge is 0.271 e. The van der Waals surface area contributed by atoms with Crippen LogP contribution in [-0.2, 0) is 14.8 Å². The molecule has 2 aromatic rings. The van der Waals surface area contributed by atoms with Gasteiger partial charge in [-0.15, -0.1) is 0 Å². The van der Waals surface area contributed by atoms with Crippen LogP contribution in [0, 0.1) is 24.0 Å². The van der Waals surface area contributed by atoms with Gasteiger partial charge in [-0.05, 0) is 43.5 Å². The van der Waals surface area contributed by atoms with Crippen molar-refractivity contribution in [1.82, 2.24) is 0 Å². The van der Waals surface area contributed by atoms with Crippen molar-refractivity contribution in [3.8, 4) is 5.75 Å². The molecule has 0 bridgehead atoms. The van der Waals surface area contributed by atoms with E-state index >= 15 is 0 Å². The van der Waals surface area contributed by atoms with Gasteiger partial charge in [0.1, 0.15) is 11.8 Å². The number of nitro benzene ring substituents is 1. The number of ether oxygens (including phenoxy) is 1. The lowest BCUT2D eigenvalue weighted by atomic mass is 10.1. The number of non-ortho nitro benzene ring substituents is 1. The zero-order chi connectivity index (χ0) is 22.6. The minimum Gasteiger partial charge on any atom is -0.495 e. The second-order valence-electron chi connectivity index (χ2n) is 6.90. The maximum absolute atomic E-state index is 13.1. The third kappa shape index (κ3) is 5.07. The van der Waals surface area contributed by atoms with Crippen molar-refractivity contribution in [3.05, 3.63) is 57.6 Å². The fourth-order valence-corrected chi connectivity index (χ4v) is 4.38. The number of nitro groups is 1. The second kappa shape index (κ2) is 9.12. The summed E-state index contributed by atoms with van der Waals surface area (Å²) in [5, 5.41) is 13.9. The Morgan fingerprint density at radius 3 is 2.43 bits per heavy atom. The number of aryl methyl sites for hydroxylation is 2. The van der Waals surface area contributed by atoms with Crippen LogP contribution in [0.15, 0.2) is 36.4 Å². The van der Waals surface area contributed by atoms with Crippen LogP contribution in [0.1, 0.15) is 24.5 Å². The van der Waals surface area contributed by atoms with Gasteiger partial charge in [-0.3, -0.25) is 19.2 Å². The summed E-state index contributed by atoms with van der Waals surface area (Å²) in [4.78, 5) is 23.7. The van der Waals surface area contributed by atoms with E-state index < -0.39 is 26.9 Å². The molecule has 1 N–H and O–H groups in total. The summed E-state index contributed by atoms with van der Waals surface area (Å²) in [6, 6.07) is 8.03. The third-order valence-electron chi connectivity index (χ3n) is 4.58. The molecule has 9 nitrogen and oxygen atoms in total. The van der Waals surface area contributed by atoms with Crippen LogP contribution < -0.4 is 14.4 Å². The van der Waals surface area contributed by atoms with E-state index in [1.54, 1.807) is 26.0 Å². The Hall–Kier alpha value is -3.14. The van der Waals surface area contributed by atoms with Crippen LogP contribution in [-0.4, -0.2) is 38.7 Å². The van der Waals surface area contributed by atoms with Gasteiger partial charge in [0.15, 0.2) is 0 Å². The van der Waals surface area contributed by atoms with Gasteiger partial charge in [-0.25, -0.2) is 8.42 Å². The van der Waals surface area contributed by atoms with E-state index in [2.05, 4.69) is 5.32 Å². The van der Waals surface area contributed by atoms with Crippen molar-refractivity contribution < 1.29 is 22.9 Å². The number of benzene rings is 2. The molecule has 30 heavy (non-hydrogen) atoms. The highest BCUT2D eigenvalue weighted by molar-refractivity contribution is 7.92. The first kappa shape index (κ1) is 23.1. The summed E-state index contributed by atoms with van der Waals surface area (Å²) in [5.74, 6) is -0.140. The third-order valence-corrected chi connectivity index (χ3v) is 5.75. The van der Waals surface area contributed by atoms with Gasteiger partial charge in [0.2, 0.25) is 15.9 Å². The average molecular weight is 436 g/mol. The van der Waals surface area contributed by atoms with Gasteiger partial charge in [0.25, 0.3) is 5.69 Å². The van der Waals surface area contributed by atoms with Gasteiger partial charge in [0, 0.05) is 12.1 Å². The molecule has 2 rings (SSSR count). The zero-order valence-corrected chi connectivity index (χ0v) is 18.3. The molecule has 0 saturated heterocycles. The summed E-state index contributed by atoms with van der Waals surface area (Å²) < 4.78 is 31.5. The average Bonchev–Trinajstić information content (AvgIpc) is 2.65. The summed E-state index contributed by atoms with van der Waals surface area (Å²) in [6.07, 6.45) is 1.11. The molecule has 0 heterocycles. The van der Waals surface area contributed by atoms with E-state index in [9.17, 15) is 23.3 Å². The number of nitrogens with one attached hydrogen (secondary N) is 1. The highest BCUT2D eigenvalue weighted by atomic mass is 32.2. The predicted molar refractivity (Wildman–Crippen MR) is 116 cm³/mol. The Morgan fingerprint density at radius 1 is 1.23 bits per heavy atom. The van der Waals surface area contributed by atoms with Crippen molar-refractivity contribution in [2.45, 2.75) is 33.2 Å². The SMILES string of the molecule is CCC(C(=O)Nc1cc(C)ccc1OC)N(c1cc([N+](=O)[O-])ccc1C)S(C)(=O)=O. The van der Waals surface area contributed by atoms with E-state index in [1.807, 2.05) is 13.0 Å². The lowest BCUT2D eigenvalue weighted by Crippen LogP contribution is -2.47. The number of hydrogen-bond donors (Lipinski definition) is 1. The molecule has 0 fully saturated rings. The van der Waals surface area contributed by atoms with E-state index in [0.717, 1.165) is 16.1 Å². The van der Waals surface area contributed by atoms with Crippen LogP contribution in [0.2, 0.25) is 0 Å². The van der Waals surface area contributed by atoms with E-state index in [1.165, 1.54) is 25.3 Å². The number of carbonyl (C=O) groups excluding carboxylic acids is 1. The number of sulfonamides is 1. The number of methoxy groups -OCH3 is 1. The molecular formula is C20H25N3O6S. The summed E-state index contributed by atoms with van der Waals surface area (Å²) in [7, 11) is -2.47. The minimum absolute atomic E-state index is 0.0879. The maximum Gasteiger partial charge on any atom is 0.271 e. The number of hydrogen-bond acceptors (Lipinski definition) is 6. The molecule has 0 aliphatic heterocycles. The Kier molecular flexibility index (Phi) is 7.04. The second-order valence-corrected chi connectivity index (χ2v) is 8.76. The normalized spacial score (nSPS) is 12.2. The van der Waals surface area contributed by atoms with Gasteiger partial charge >= 0.3 is 0 Å². The minimum atomic E-state index is -3.94. The Morgan fingerprint density at radius 2 is 1.90 bits per heavy atom. The molecule has 0 radical (unpaired) electrons. The first-order valence-corrected chi connectivity index (χ1v) is 11.0. The monoisotopic (exact) mass is 435 g/mol. The molecule has 0 saturated carbocycles. The van der Waals surface area contributed by atoms with Crippen molar-refractivity contribution in [2.75, 3.05) is 23.0 Å². The number of nitrogens with zero attached hydrogens (tertiary/aromatic N) is 2. The van der Waals surface area contributed by atoms with E-state index in [4.69, 9.17) is 4.74 Å². The van der Waals surface area contributed by atoms with Crippen molar-refractivity contribution in [2.24, 2.45) is 0 Å². The topological polar surface area (TPSA) is 119 Å². The lowest BCUT2D eigenvalue weighted by Gasteiger charge is -2.31. The summed E-state index contributed by atoms with van der Waals surface area (Å²) in [5.41, 5.74) is 1.61. The zero-order valence-electron chi connectivity index (χ0n) is 17.5. The fraction of sp³-hybridized carbons (Fsp3) is 0.350. The Bertz CT molecular complexity index is 1070. The Balaban J connectivity index is 2.54. The molecular weight excluding hydrogens is 410 g/mol. The number of amides is 1. The highest BCUT2D eigenvalue weighted by Gasteiger charge is 2.33. The molecule has 0 aromatic heterocycles. The van der Waals surface area contributed by atoms with Crippen LogP contribution in [0.3, 0.4) is 0 Å². The molecule has 2 aromatic carbocycles. The van der Waals surface area contributed by atoms with Crippen LogP contribution in [0.5, 0.6) is 5.75 Å². The number of rotatable bonds is 8. The molecule has 162 valence electrons. The first-order valence-electron chi connectivity index (χ1n) is 9.19. The van der Waals surface area contributed by atoms with Crippen molar-refractivity contribution >= 4 is 33.0 Å². The van der Waals surface area contributed by atoms with Gasteiger partial charge < -0.3 is 10.1 Å². The molecule has 1 atom stereocenters. The van der Waals surface area contributed by atoms with Gasteiger partial charge in [-0.1, -0.05) is 19.1 Å². The van der Waals surface area contributed by atoms with Crippen LogP contribution in [0.25, 0.3) is 0 Å². The molecule has 1 unspecified atom stereocenters. The first-order chi connectivity index (χ1) is 14.0.